The van der Waals surface area contributed by atoms with Crippen LogP contribution in [0.4, 0.5) is 13.2 Å². The largest absolute Gasteiger partial charge is 0.465 e. The fourth-order valence-corrected chi connectivity index (χ4v) is 3.70. The number of rotatable bonds is 5. The lowest BCUT2D eigenvalue weighted by Gasteiger charge is -2.23. The maximum Gasteiger partial charge on any atom is 0.416 e. The van der Waals surface area contributed by atoms with E-state index in [4.69, 9.17) is 4.74 Å². The van der Waals surface area contributed by atoms with Gasteiger partial charge in [0.2, 0.25) is 5.91 Å². The lowest BCUT2D eigenvalue weighted by atomic mass is 9.95. The molecule has 166 valence electrons. The third kappa shape index (κ3) is 5.53. The van der Waals surface area contributed by atoms with E-state index in [0.717, 1.165) is 60.9 Å². The Morgan fingerprint density at radius 2 is 1.77 bits per heavy atom. The van der Waals surface area contributed by atoms with Crippen LogP contribution in [0.5, 0.6) is 0 Å². The van der Waals surface area contributed by atoms with Gasteiger partial charge >= 0.3 is 12.1 Å². The van der Waals surface area contributed by atoms with Gasteiger partial charge in [-0.2, -0.15) is 13.2 Å². The molecule has 1 saturated carbocycles. The van der Waals surface area contributed by atoms with Gasteiger partial charge in [-0.05, 0) is 36.6 Å². The quantitative estimate of drug-likeness (QED) is 0.724. The number of amides is 1. The van der Waals surface area contributed by atoms with Gasteiger partial charge in [-0.15, -0.1) is 0 Å². The molecule has 1 N–H and O–H groups in total. The van der Waals surface area contributed by atoms with Gasteiger partial charge in [0.05, 0.1) is 18.2 Å². The molecule has 1 fully saturated rings. The number of hydrogen-bond donors (Lipinski definition) is 1. The standard InChI is InChI=1S/C22H23F3N2O4/c1-31-21(30)15-11-18(14-7-9-16(10-8-14)22(23,24)25)20(29)27(12-15)13-19(28)26-17-5-3-2-4-6-17/h7-12,17H,2-6,13H2,1H3,(H,26,28). The zero-order valence-electron chi connectivity index (χ0n) is 17.0. The number of esters is 1. The maximum absolute atomic E-state index is 13.0. The zero-order chi connectivity index (χ0) is 22.6. The third-order valence-corrected chi connectivity index (χ3v) is 5.31. The Labute approximate surface area is 177 Å². The number of benzene rings is 1. The predicted molar refractivity (Wildman–Crippen MR) is 107 cm³/mol. The number of carbonyl (C=O) groups excluding carboxylic acids is 2. The van der Waals surface area contributed by atoms with Crippen molar-refractivity contribution in [3.8, 4) is 11.1 Å². The summed E-state index contributed by atoms with van der Waals surface area (Å²) < 4.78 is 44.3. The molecule has 1 amide bonds. The van der Waals surface area contributed by atoms with Gasteiger partial charge < -0.3 is 14.6 Å². The highest BCUT2D eigenvalue weighted by Crippen LogP contribution is 2.30. The van der Waals surface area contributed by atoms with Crippen molar-refractivity contribution in [2.45, 2.75) is 50.9 Å². The van der Waals surface area contributed by atoms with E-state index in [1.54, 1.807) is 0 Å². The summed E-state index contributed by atoms with van der Waals surface area (Å²) in [6.07, 6.45) is 1.65. The minimum absolute atomic E-state index is 0.00194. The van der Waals surface area contributed by atoms with Crippen molar-refractivity contribution in [1.29, 1.82) is 0 Å². The Balaban J connectivity index is 1.93. The summed E-state index contributed by atoms with van der Waals surface area (Å²) in [5, 5.41) is 2.90. The van der Waals surface area contributed by atoms with E-state index in [-0.39, 0.29) is 35.2 Å². The lowest BCUT2D eigenvalue weighted by Crippen LogP contribution is -2.40. The van der Waals surface area contributed by atoms with E-state index in [9.17, 15) is 27.6 Å². The van der Waals surface area contributed by atoms with Crippen LogP contribution in [0, 0.1) is 0 Å². The molecule has 2 aromatic rings. The molecule has 0 unspecified atom stereocenters. The summed E-state index contributed by atoms with van der Waals surface area (Å²) in [5.74, 6) is -1.09. The van der Waals surface area contributed by atoms with Crippen LogP contribution >= 0.6 is 0 Å². The molecule has 0 radical (unpaired) electrons. The first-order valence-electron chi connectivity index (χ1n) is 9.99. The van der Waals surface area contributed by atoms with Gasteiger partial charge in [0, 0.05) is 17.8 Å². The summed E-state index contributed by atoms with van der Waals surface area (Å²) in [5.41, 5.74) is -1.23. The SMILES string of the molecule is COC(=O)c1cc(-c2ccc(C(F)(F)F)cc2)c(=O)n(CC(=O)NC2CCCCC2)c1. The molecule has 1 aliphatic rings. The Morgan fingerprint density at radius 1 is 1.13 bits per heavy atom. The van der Waals surface area contributed by atoms with Crippen molar-refractivity contribution in [2.24, 2.45) is 0 Å². The minimum Gasteiger partial charge on any atom is -0.465 e. The molecule has 0 spiro atoms. The molecule has 0 bridgehead atoms. The molecule has 6 nitrogen and oxygen atoms in total. The second kappa shape index (κ2) is 9.36. The molecule has 1 aromatic heterocycles. The fraction of sp³-hybridized carbons (Fsp3) is 0.409. The number of ether oxygens (including phenoxy) is 1. The van der Waals surface area contributed by atoms with Crippen LogP contribution in [0.15, 0.2) is 41.3 Å². The van der Waals surface area contributed by atoms with E-state index < -0.39 is 23.3 Å². The molecule has 0 atom stereocenters. The first-order chi connectivity index (χ1) is 14.7. The summed E-state index contributed by atoms with van der Waals surface area (Å²) in [6.45, 7) is -0.312. The number of hydrogen-bond acceptors (Lipinski definition) is 4. The fourth-order valence-electron chi connectivity index (χ4n) is 3.70. The molecule has 0 aliphatic heterocycles. The number of halogens is 3. The van der Waals surface area contributed by atoms with Crippen LogP contribution in [-0.4, -0.2) is 29.6 Å². The number of alkyl halides is 3. The monoisotopic (exact) mass is 436 g/mol. The number of carbonyl (C=O) groups is 2. The number of aromatic nitrogens is 1. The maximum atomic E-state index is 13.0. The normalized spacial score (nSPS) is 14.8. The summed E-state index contributed by atoms with van der Waals surface area (Å²) in [6, 6.07) is 5.35. The molecular formula is C22H23F3N2O4. The number of nitrogens with one attached hydrogen (secondary N) is 1. The van der Waals surface area contributed by atoms with E-state index in [2.05, 4.69) is 5.32 Å². The zero-order valence-corrected chi connectivity index (χ0v) is 17.0. The van der Waals surface area contributed by atoms with Gasteiger partial charge in [0.15, 0.2) is 0 Å². The van der Waals surface area contributed by atoms with Crippen molar-refractivity contribution in [2.75, 3.05) is 7.11 Å². The van der Waals surface area contributed by atoms with Crippen LogP contribution in [-0.2, 0) is 22.3 Å². The van der Waals surface area contributed by atoms with Gasteiger partial charge in [0.25, 0.3) is 5.56 Å². The smallest absolute Gasteiger partial charge is 0.416 e. The lowest BCUT2D eigenvalue weighted by molar-refractivity contribution is -0.137. The average Bonchev–Trinajstić information content (AvgIpc) is 2.74. The molecule has 0 saturated heterocycles. The molecule has 1 heterocycles. The van der Waals surface area contributed by atoms with Gasteiger partial charge in [-0.25, -0.2) is 4.79 Å². The first kappa shape index (κ1) is 22.6. The third-order valence-electron chi connectivity index (χ3n) is 5.31. The van der Waals surface area contributed by atoms with Gasteiger partial charge in [-0.1, -0.05) is 31.4 Å². The Hall–Kier alpha value is -3.10. The van der Waals surface area contributed by atoms with Crippen LogP contribution in [0.3, 0.4) is 0 Å². The predicted octanol–water partition coefficient (Wildman–Crippen LogP) is 3.77. The van der Waals surface area contributed by atoms with Crippen LogP contribution < -0.4 is 10.9 Å². The van der Waals surface area contributed by atoms with Crippen molar-refractivity contribution >= 4 is 11.9 Å². The molecule has 1 aromatic carbocycles. The topological polar surface area (TPSA) is 77.4 Å². The average molecular weight is 436 g/mol. The second-order valence-corrected chi connectivity index (χ2v) is 7.54. The Kier molecular flexibility index (Phi) is 6.82. The number of pyridine rings is 1. The minimum atomic E-state index is -4.51. The van der Waals surface area contributed by atoms with Crippen LogP contribution in [0.1, 0.15) is 48.0 Å². The number of methoxy groups -OCH3 is 1. The van der Waals surface area contributed by atoms with Crippen molar-refractivity contribution < 1.29 is 27.5 Å². The first-order valence-corrected chi connectivity index (χ1v) is 9.99. The van der Waals surface area contributed by atoms with Crippen LogP contribution in [0.25, 0.3) is 11.1 Å². The van der Waals surface area contributed by atoms with Crippen molar-refractivity contribution in [3.63, 3.8) is 0 Å². The molecule has 1 aliphatic carbocycles. The van der Waals surface area contributed by atoms with E-state index in [1.807, 2.05) is 0 Å². The second-order valence-electron chi connectivity index (χ2n) is 7.54. The summed E-state index contributed by atoms with van der Waals surface area (Å²) in [7, 11) is 1.17. The highest BCUT2D eigenvalue weighted by molar-refractivity contribution is 5.90. The summed E-state index contributed by atoms with van der Waals surface area (Å²) >= 11 is 0. The van der Waals surface area contributed by atoms with Crippen molar-refractivity contribution in [1.82, 2.24) is 9.88 Å². The molecule has 31 heavy (non-hydrogen) atoms. The highest BCUT2D eigenvalue weighted by atomic mass is 19.4. The van der Waals surface area contributed by atoms with E-state index >= 15 is 0 Å². The summed E-state index contributed by atoms with van der Waals surface area (Å²) in [4.78, 5) is 37.5. The molecular weight excluding hydrogens is 413 g/mol. The van der Waals surface area contributed by atoms with Crippen LogP contribution in [0.2, 0.25) is 0 Å². The number of nitrogens with zero attached hydrogens (tertiary/aromatic N) is 1. The highest BCUT2D eigenvalue weighted by Gasteiger charge is 2.30. The molecule has 3 rings (SSSR count). The Bertz CT molecular complexity index is 1010. The molecule has 9 heteroatoms. The van der Waals surface area contributed by atoms with Crippen molar-refractivity contribution in [3.05, 3.63) is 58.0 Å². The van der Waals surface area contributed by atoms with Gasteiger partial charge in [0.1, 0.15) is 6.54 Å². The van der Waals surface area contributed by atoms with E-state index in [0.29, 0.717) is 0 Å². The van der Waals surface area contributed by atoms with E-state index in [1.165, 1.54) is 19.4 Å². The van der Waals surface area contributed by atoms with Gasteiger partial charge in [-0.3, -0.25) is 9.59 Å². The Morgan fingerprint density at radius 3 is 2.35 bits per heavy atom.